The Balaban J connectivity index is 1.70. The van der Waals surface area contributed by atoms with E-state index in [1.54, 1.807) is 0 Å². The van der Waals surface area contributed by atoms with Crippen LogP contribution in [0.4, 0.5) is 5.95 Å². The molecule has 2 aliphatic rings. The first-order chi connectivity index (χ1) is 8.43. The zero-order chi connectivity index (χ0) is 11.5. The fraction of sp³-hybridized carbons (Fsp3) is 0.818. The quantitative estimate of drug-likeness (QED) is 0.782. The molecule has 2 saturated heterocycles. The van der Waals surface area contributed by atoms with Crippen LogP contribution in [0.25, 0.3) is 0 Å². The van der Waals surface area contributed by atoms with E-state index in [2.05, 4.69) is 25.4 Å². The van der Waals surface area contributed by atoms with Gasteiger partial charge in [-0.05, 0) is 25.8 Å². The van der Waals surface area contributed by atoms with Crippen LogP contribution >= 0.6 is 0 Å². The summed E-state index contributed by atoms with van der Waals surface area (Å²) < 4.78 is 5.60. The lowest BCUT2D eigenvalue weighted by Crippen LogP contribution is -2.28. The van der Waals surface area contributed by atoms with Crippen molar-refractivity contribution in [3.05, 3.63) is 5.82 Å². The van der Waals surface area contributed by atoms with Crippen molar-refractivity contribution in [3.63, 3.8) is 0 Å². The number of nitrogens with one attached hydrogen (secondary N) is 2. The number of H-pyrrole nitrogens is 1. The van der Waals surface area contributed by atoms with Crippen LogP contribution in [0.2, 0.25) is 0 Å². The van der Waals surface area contributed by atoms with Gasteiger partial charge in [0.15, 0.2) is 5.82 Å². The molecule has 0 radical (unpaired) electrons. The number of nitrogens with zero attached hydrogens (tertiary/aromatic N) is 3. The summed E-state index contributed by atoms with van der Waals surface area (Å²) in [6.07, 6.45) is 3.44. The molecule has 0 amide bonds. The van der Waals surface area contributed by atoms with Crippen molar-refractivity contribution in [1.82, 2.24) is 20.5 Å². The van der Waals surface area contributed by atoms with Crippen LogP contribution < -0.4 is 10.2 Å². The number of hydrogen-bond donors (Lipinski definition) is 2. The molecule has 0 aromatic carbocycles. The highest BCUT2D eigenvalue weighted by Gasteiger charge is 2.23. The van der Waals surface area contributed by atoms with Crippen molar-refractivity contribution in [2.75, 3.05) is 37.7 Å². The Hall–Kier alpha value is -1.14. The van der Waals surface area contributed by atoms with Gasteiger partial charge in [-0.3, -0.25) is 5.10 Å². The summed E-state index contributed by atoms with van der Waals surface area (Å²) in [5.74, 6) is 1.70. The van der Waals surface area contributed by atoms with Gasteiger partial charge in [0.2, 0.25) is 5.95 Å². The van der Waals surface area contributed by atoms with Gasteiger partial charge in [-0.15, -0.1) is 5.10 Å². The lowest BCUT2D eigenvalue weighted by molar-refractivity contribution is 0.105. The number of hydrogen-bond acceptors (Lipinski definition) is 5. The van der Waals surface area contributed by atoms with Crippen molar-refractivity contribution >= 4 is 5.95 Å². The standard InChI is InChI=1S/C11H19N5O/c1-3-9(17-8-1)10-13-11(15-14-10)16-6-2-4-12-5-7-16/h9,12H,1-8H2,(H,13,14,15). The summed E-state index contributed by atoms with van der Waals surface area (Å²) in [4.78, 5) is 6.80. The summed E-state index contributed by atoms with van der Waals surface area (Å²) in [6, 6.07) is 0. The third kappa shape index (κ3) is 2.42. The summed E-state index contributed by atoms with van der Waals surface area (Å²) in [5, 5.41) is 10.7. The summed E-state index contributed by atoms with van der Waals surface area (Å²) in [5.41, 5.74) is 0. The topological polar surface area (TPSA) is 66.1 Å². The van der Waals surface area contributed by atoms with Gasteiger partial charge in [0.05, 0.1) is 0 Å². The first-order valence-electron chi connectivity index (χ1n) is 6.43. The Labute approximate surface area is 101 Å². The van der Waals surface area contributed by atoms with Gasteiger partial charge < -0.3 is 15.0 Å². The maximum absolute atomic E-state index is 5.60. The van der Waals surface area contributed by atoms with E-state index in [9.17, 15) is 0 Å². The molecule has 0 saturated carbocycles. The molecule has 0 spiro atoms. The van der Waals surface area contributed by atoms with Crippen LogP contribution in [0.3, 0.4) is 0 Å². The van der Waals surface area contributed by atoms with Crippen molar-refractivity contribution in [2.45, 2.75) is 25.4 Å². The largest absolute Gasteiger partial charge is 0.370 e. The molecule has 0 aliphatic carbocycles. The highest BCUT2D eigenvalue weighted by atomic mass is 16.5. The van der Waals surface area contributed by atoms with Crippen molar-refractivity contribution < 1.29 is 4.74 Å². The van der Waals surface area contributed by atoms with Gasteiger partial charge >= 0.3 is 0 Å². The fourth-order valence-electron chi connectivity index (χ4n) is 2.39. The average Bonchev–Trinajstić information content (AvgIpc) is 2.95. The Bertz CT molecular complexity index is 352. The molecule has 1 atom stereocenters. The van der Waals surface area contributed by atoms with Crippen LogP contribution in [-0.2, 0) is 4.74 Å². The number of aromatic amines is 1. The maximum atomic E-state index is 5.60. The second-order valence-corrected chi connectivity index (χ2v) is 4.61. The zero-order valence-corrected chi connectivity index (χ0v) is 9.98. The van der Waals surface area contributed by atoms with Gasteiger partial charge in [0, 0.05) is 26.2 Å². The lowest BCUT2D eigenvalue weighted by Gasteiger charge is -2.17. The van der Waals surface area contributed by atoms with E-state index >= 15 is 0 Å². The van der Waals surface area contributed by atoms with Gasteiger partial charge in [0.25, 0.3) is 0 Å². The van der Waals surface area contributed by atoms with E-state index < -0.39 is 0 Å². The highest BCUT2D eigenvalue weighted by molar-refractivity contribution is 5.29. The Kier molecular flexibility index (Phi) is 3.24. The van der Waals surface area contributed by atoms with Crippen molar-refractivity contribution in [1.29, 1.82) is 0 Å². The minimum atomic E-state index is 0.126. The molecular weight excluding hydrogens is 218 g/mol. The zero-order valence-electron chi connectivity index (χ0n) is 9.98. The van der Waals surface area contributed by atoms with E-state index in [0.717, 1.165) is 63.8 Å². The van der Waals surface area contributed by atoms with E-state index in [0.29, 0.717) is 0 Å². The van der Waals surface area contributed by atoms with Gasteiger partial charge in [-0.2, -0.15) is 4.98 Å². The molecule has 0 bridgehead atoms. The number of rotatable bonds is 2. The Morgan fingerprint density at radius 3 is 3.12 bits per heavy atom. The van der Waals surface area contributed by atoms with Crippen molar-refractivity contribution in [3.8, 4) is 0 Å². The normalized spacial score (nSPS) is 26.1. The maximum Gasteiger partial charge on any atom is 0.244 e. The molecule has 6 nitrogen and oxygen atoms in total. The molecule has 17 heavy (non-hydrogen) atoms. The van der Waals surface area contributed by atoms with Gasteiger partial charge in [-0.1, -0.05) is 0 Å². The lowest BCUT2D eigenvalue weighted by atomic mass is 10.2. The van der Waals surface area contributed by atoms with Crippen LogP contribution in [0, 0.1) is 0 Å². The fourth-order valence-corrected chi connectivity index (χ4v) is 2.39. The monoisotopic (exact) mass is 237 g/mol. The minimum absolute atomic E-state index is 0.126. The van der Waals surface area contributed by atoms with E-state index in [-0.39, 0.29) is 6.10 Å². The Morgan fingerprint density at radius 1 is 1.24 bits per heavy atom. The SMILES string of the molecule is C1COC(c2nc(N3CCCNCC3)n[nH]2)C1. The molecule has 3 rings (SSSR count). The van der Waals surface area contributed by atoms with Crippen LogP contribution in [-0.4, -0.2) is 48.0 Å². The second-order valence-electron chi connectivity index (χ2n) is 4.61. The predicted molar refractivity (Wildman–Crippen MR) is 64.0 cm³/mol. The molecule has 3 heterocycles. The van der Waals surface area contributed by atoms with Crippen molar-refractivity contribution in [2.24, 2.45) is 0 Å². The number of aromatic nitrogens is 3. The molecule has 6 heteroatoms. The van der Waals surface area contributed by atoms with Gasteiger partial charge in [-0.25, -0.2) is 0 Å². The first-order valence-corrected chi connectivity index (χ1v) is 6.43. The van der Waals surface area contributed by atoms with Gasteiger partial charge in [0.1, 0.15) is 6.10 Å². The minimum Gasteiger partial charge on any atom is -0.370 e. The molecule has 1 aromatic heterocycles. The summed E-state index contributed by atoms with van der Waals surface area (Å²) in [7, 11) is 0. The average molecular weight is 237 g/mol. The predicted octanol–water partition coefficient (Wildman–Crippen LogP) is 0.456. The molecule has 2 aliphatic heterocycles. The number of ether oxygens (including phenoxy) is 1. The second kappa shape index (κ2) is 5.01. The molecule has 94 valence electrons. The molecule has 2 fully saturated rings. The van der Waals surface area contributed by atoms with Crippen LogP contribution in [0.5, 0.6) is 0 Å². The van der Waals surface area contributed by atoms with E-state index in [1.165, 1.54) is 0 Å². The third-order valence-electron chi connectivity index (χ3n) is 3.35. The molecule has 2 N–H and O–H groups in total. The smallest absolute Gasteiger partial charge is 0.244 e. The molecule has 1 unspecified atom stereocenters. The summed E-state index contributed by atoms with van der Waals surface area (Å²) >= 11 is 0. The van der Waals surface area contributed by atoms with Crippen LogP contribution in [0.1, 0.15) is 31.2 Å². The highest BCUT2D eigenvalue weighted by Crippen LogP contribution is 2.26. The number of anilines is 1. The molecule has 1 aromatic rings. The van der Waals surface area contributed by atoms with E-state index in [4.69, 9.17) is 4.74 Å². The van der Waals surface area contributed by atoms with Crippen LogP contribution in [0.15, 0.2) is 0 Å². The Morgan fingerprint density at radius 2 is 2.24 bits per heavy atom. The summed E-state index contributed by atoms with van der Waals surface area (Å²) in [6.45, 7) is 4.93. The first kappa shape index (κ1) is 11.0. The third-order valence-corrected chi connectivity index (χ3v) is 3.35. The molecular formula is C11H19N5O. The van der Waals surface area contributed by atoms with E-state index in [1.807, 2.05) is 0 Å².